The molecule has 0 spiro atoms. The van der Waals surface area contributed by atoms with Crippen LogP contribution in [0.2, 0.25) is 0 Å². The van der Waals surface area contributed by atoms with Crippen molar-refractivity contribution in [3.8, 4) is 0 Å². The Morgan fingerprint density at radius 3 is 2.46 bits per heavy atom. The lowest BCUT2D eigenvalue weighted by molar-refractivity contribution is 0.0710. The molecule has 6 rings (SSSR count). The van der Waals surface area contributed by atoms with E-state index in [-0.39, 0.29) is 5.91 Å². The average Bonchev–Trinajstić information content (AvgIpc) is 3.73. The van der Waals surface area contributed by atoms with Gasteiger partial charge >= 0.3 is 0 Å². The highest BCUT2D eigenvalue weighted by Gasteiger charge is 2.30. The SMILES string of the molecule is C/C=C(/c1cccc(CC)c1)c1ccc(C(=O)N2CCC(c3nc4ccccc4n3CC3CC3)CC2)cc1C. The molecule has 0 unspecified atom stereocenters. The van der Waals surface area contributed by atoms with Gasteiger partial charge in [-0.3, -0.25) is 4.79 Å². The van der Waals surface area contributed by atoms with Gasteiger partial charge in [0.15, 0.2) is 0 Å². The fourth-order valence-corrected chi connectivity index (χ4v) is 6.22. The van der Waals surface area contributed by atoms with E-state index in [9.17, 15) is 4.79 Å². The van der Waals surface area contributed by atoms with Gasteiger partial charge in [-0.1, -0.05) is 55.5 Å². The van der Waals surface area contributed by atoms with Gasteiger partial charge < -0.3 is 9.47 Å². The number of hydrogen-bond donors (Lipinski definition) is 0. The first-order chi connectivity index (χ1) is 19.1. The Bertz CT molecular complexity index is 1530. The Labute approximate surface area is 232 Å². The monoisotopic (exact) mass is 517 g/mol. The number of hydrogen-bond acceptors (Lipinski definition) is 2. The number of carbonyl (C=O) groups is 1. The van der Waals surface area contributed by atoms with Crippen molar-refractivity contribution >= 4 is 22.5 Å². The van der Waals surface area contributed by atoms with Crippen molar-refractivity contribution in [2.45, 2.75) is 65.3 Å². The fourth-order valence-electron chi connectivity index (χ4n) is 6.22. The van der Waals surface area contributed by atoms with E-state index in [0.29, 0.717) is 5.92 Å². The molecule has 2 aliphatic rings. The molecule has 1 aromatic heterocycles. The standard InChI is InChI=1S/C35H39N3O/c1-4-25-9-8-10-28(22-25)30(5-2)31-16-15-29(21-24(31)3)35(39)37-19-17-27(18-20-37)34-36-32-11-6-7-12-33(32)38(34)23-26-13-14-26/h5-12,15-16,21-22,26-27H,4,13-14,17-20,23H2,1-3H3/b30-5-. The zero-order valence-corrected chi connectivity index (χ0v) is 23.5. The van der Waals surface area contributed by atoms with Crippen molar-refractivity contribution < 1.29 is 4.79 Å². The van der Waals surface area contributed by atoms with Gasteiger partial charge in [0.2, 0.25) is 0 Å². The van der Waals surface area contributed by atoms with Crippen molar-refractivity contribution in [3.63, 3.8) is 0 Å². The molecule has 0 atom stereocenters. The lowest BCUT2D eigenvalue weighted by Crippen LogP contribution is -2.38. The van der Waals surface area contributed by atoms with Gasteiger partial charge in [0.05, 0.1) is 11.0 Å². The summed E-state index contributed by atoms with van der Waals surface area (Å²) in [4.78, 5) is 20.7. The molecular weight excluding hydrogens is 478 g/mol. The largest absolute Gasteiger partial charge is 0.339 e. The van der Waals surface area contributed by atoms with Crippen LogP contribution >= 0.6 is 0 Å². The predicted octanol–water partition coefficient (Wildman–Crippen LogP) is 7.79. The number of aryl methyl sites for hydroxylation is 2. The number of fused-ring (bicyclic) bond motifs is 1. The first kappa shape index (κ1) is 25.6. The molecule has 1 saturated carbocycles. The molecule has 1 saturated heterocycles. The average molecular weight is 518 g/mol. The fraction of sp³-hybridized carbons (Fsp3) is 0.371. The van der Waals surface area contributed by atoms with Crippen molar-refractivity contribution in [2.75, 3.05) is 13.1 Å². The molecule has 2 fully saturated rings. The van der Waals surface area contributed by atoms with E-state index in [1.807, 2.05) is 11.0 Å². The number of nitrogens with zero attached hydrogens (tertiary/aromatic N) is 3. The van der Waals surface area contributed by atoms with Crippen LogP contribution in [0.4, 0.5) is 0 Å². The Morgan fingerprint density at radius 1 is 0.949 bits per heavy atom. The number of aromatic nitrogens is 2. The van der Waals surface area contributed by atoms with Crippen LogP contribution in [0.25, 0.3) is 16.6 Å². The van der Waals surface area contributed by atoms with E-state index in [2.05, 4.69) is 92.1 Å². The Hall–Kier alpha value is -3.66. The number of allylic oxidation sites excluding steroid dienone is 1. The quantitative estimate of drug-likeness (QED) is 0.251. The van der Waals surface area contributed by atoms with E-state index >= 15 is 0 Å². The maximum atomic E-state index is 13.6. The summed E-state index contributed by atoms with van der Waals surface area (Å²) in [6, 6.07) is 23.5. The highest BCUT2D eigenvalue weighted by molar-refractivity contribution is 5.95. The number of benzene rings is 3. The Morgan fingerprint density at radius 2 is 1.74 bits per heavy atom. The lowest BCUT2D eigenvalue weighted by atomic mass is 9.91. The van der Waals surface area contributed by atoms with Gasteiger partial charge in [-0.25, -0.2) is 4.98 Å². The third-order valence-corrected chi connectivity index (χ3v) is 8.67. The normalized spacial score (nSPS) is 16.7. The maximum Gasteiger partial charge on any atom is 0.253 e. The van der Waals surface area contributed by atoms with Crippen LogP contribution in [0, 0.1) is 12.8 Å². The summed E-state index contributed by atoms with van der Waals surface area (Å²) in [5.41, 5.74) is 9.26. The second-order valence-electron chi connectivity index (χ2n) is 11.4. The molecule has 2 heterocycles. The number of likely N-dealkylation sites (tertiary alicyclic amines) is 1. The first-order valence-corrected chi connectivity index (χ1v) is 14.7. The minimum atomic E-state index is 0.143. The molecule has 4 aromatic rings. The summed E-state index contributed by atoms with van der Waals surface area (Å²) < 4.78 is 2.48. The van der Waals surface area contributed by atoms with Crippen LogP contribution in [-0.2, 0) is 13.0 Å². The lowest BCUT2D eigenvalue weighted by Gasteiger charge is -2.32. The molecule has 1 amide bonds. The van der Waals surface area contributed by atoms with Crippen LogP contribution in [0.1, 0.15) is 83.9 Å². The number of carbonyl (C=O) groups excluding carboxylic acids is 1. The smallest absolute Gasteiger partial charge is 0.253 e. The van der Waals surface area contributed by atoms with Gasteiger partial charge in [-0.05, 0) is 104 Å². The molecule has 39 heavy (non-hydrogen) atoms. The van der Waals surface area contributed by atoms with Crippen molar-refractivity contribution in [1.82, 2.24) is 14.5 Å². The van der Waals surface area contributed by atoms with E-state index < -0.39 is 0 Å². The Kier molecular flexibility index (Phi) is 7.12. The van der Waals surface area contributed by atoms with Crippen LogP contribution in [-0.4, -0.2) is 33.4 Å². The highest BCUT2D eigenvalue weighted by atomic mass is 16.2. The molecule has 0 bridgehead atoms. The van der Waals surface area contributed by atoms with E-state index in [1.54, 1.807) is 0 Å². The number of amides is 1. The van der Waals surface area contributed by atoms with E-state index in [4.69, 9.17) is 4.98 Å². The van der Waals surface area contributed by atoms with Crippen LogP contribution in [0.5, 0.6) is 0 Å². The third kappa shape index (κ3) is 5.17. The number of para-hydroxylation sites is 2. The summed E-state index contributed by atoms with van der Waals surface area (Å²) in [5, 5.41) is 0. The minimum Gasteiger partial charge on any atom is -0.339 e. The molecule has 4 heteroatoms. The predicted molar refractivity (Wildman–Crippen MR) is 160 cm³/mol. The molecule has 200 valence electrons. The zero-order valence-electron chi connectivity index (χ0n) is 23.5. The molecular formula is C35H39N3O. The minimum absolute atomic E-state index is 0.143. The third-order valence-electron chi connectivity index (χ3n) is 8.67. The molecule has 1 aliphatic heterocycles. The molecule has 1 aliphatic carbocycles. The molecule has 0 N–H and O–H groups in total. The van der Waals surface area contributed by atoms with E-state index in [0.717, 1.165) is 61.5 Å². The second-order valence-corrected chi connectivity index (χ2v) is 11.4. The van der Waals surface area contributed by atoms with Gasteiger partial charge in [0, 0.05) is 31.1 Å². The highest BCUT2D eigenvalue weighted by Crippen LogP contribution is 2.36. The van der Waals surface area contributed by atoms with Gasteiger partial charge in [-0.15, -0.1) is 0 Å². The van der Waals surface area contributed by atoms with Crippen molar-refractivity contribution in [1.29, 1.82) is 0 Å². The molecule has 3 aromatic carbocycles. The number of rotatable bonds is 7. The number of imidazole rings is 1. The topological polar surface area (TPSA) is 38.1 Å². The summed E-state index contributed by atoms with van der Waals surface area (Å²) >= 11 is 0. The second kappa shape index (κ2) is 10.8. The van der Waals surface area contributed by atoms with Gasteiger partial charge in [-0.2, -0.15) is 0 Å². The summed E-state index contributed by atoms with van der Waals surface area (Å²) in [7, 11) is 0. The first-order valence-electron chi connectivity index (χ1n) is 14.7. The van der Waals surface area contributed by atoms with Crippen molar-refractivity contribution in [3.05, 3.63) is 106 Å². The van der Waals surface area contributed by atoms with Gasteiger partial charge in [0.25, 0.3) is 5.91 Å². The molecule has 0 radical (unpaired) electrons. The van der Waals surface area contributed by atoms with Gasteiger partial charge in [0.1, 0.15) is 5.82 Å². The van der Waals surface area contributed by atoms with E-state index in [1.165, 1.54) is 46.4 Å². The Balaban J connectivity index is 1.17. The maximum absolute atomic E-state index is 13.6. The van der Waals surface area contributed by atoms with Crippen LogP contribution in [0.15, 0.2) is 72.8 Å². The van der Waals surface area contributed by atoms with Crippen molar-refractivity contribution in [2.24, 2.45) is 5.92 Å². The number of piperidine rings is 1. The summed E-state index contributed by atoms with van der Waals surface area (Å²) in [6.45, 7) is 9.04. The zero-order chi connectivity index (χ0) is 26.9. The summed E-state index contributed by atoms with van der Waals surface area (Å²) in [6.07, 6.45) is 7.79. The molecule has 4 nitrogen and oxygen atoms in total. The van der Waals surface area contributed by atoms with Crippen LogP contribution < -0.4 is 0 Å². The summed E-state index contributed by atoms with van der Waals surface area (Å²) in [5.74, 6) is 2.57. The van der Waals surface area contributed by atoms with Crippen LogP contribution in [0.3, 0.4) is 0 Å².